The van der Waals surface area contributed by atoms with Crippen molar-refractivity contribution in [3.63, 3.8) is 0 Å². The largest absolute Gasteiger partial charge is 0.375 e. The standard InChI is InChI=1S/C15H22N2O/c1-2-3-4-9-18-12-15-6-5-13(11-17-15)10-16-14-7-8-14/h2,5-6,11,14,16H,1,3-4,7-10,12H2. The third-order valence-corrected chi connectivity index (χ3v) is 3.01. The molecule has 1 aromatic rings. The second-order valence-corrected chi connectivity index (χ2v) is 4.80. The lowest BCUT2D eigenvalue weighted by Gasteiger charge is -2.05. The van der Waals surface area contributed by atoms with Gasteiger partial charge in [-0.3, -0.25) is 4.98 Å². The van der Waals surface area contributed by atoms with Crippen molar-refractivity contribution in [3.8, 4) is 0 Å². The maximum absolute atomic E-state index is 5.54. The zero-order chi connectivity index (χ0) is 12.6. The Morgan fingerprint density at radius 3 is 3.00 bits per heavy atom. The van der Waals surface area contributed by atoms with E-state index in [1.165, 1.54) is 18.4 Å². The van der Waals surface area contributed by atoms with Crippen LogP contribution in [-0.2, 0) is 17.9 Å². The summed E-state index contributed by atoms with van der Waals surface area (Å²) in [6, 6.07) is 4.93. The van der Waals surface area contributed by atoms with Crippen LogP contribution in [0, 0.1) is 0 Å². The van der Waals surface area contributed by atoms with Gasteiger partial charge >= 0.3 is 0 Å². The van der Waals surface area contributed by atoms with Crippen molar-refractivity contribution in [1.82, 2.24) is 10.3 Å². The summed E-state index contributed by atoms with van der Waals surface area (Å²) in [6.07, 6.45) is 8.56. The minimum absolute atomic E-state index is 0.605. The summed E-state index contributed by atoms with van der Waals surface area (Å²) >= 11 is 0. The third kappa shape index (κ3) is 4.98. The summed E-state index contributed by atoms with van der Waals surface area (Å²) in [5.41, 5.74) is 2.25. The monoisotopic (exact) mass is 246 g/mol. The molecule has 1 heterocycles. The van der Waals surface area contributed by atoms with E-state index in [-0.39, 0.29) is 0 Å². The van der Waals surface area contributed by atoms with Crippen LogP contribution in [0.4, 0.5) is 0 Å². The van der Waals surface area contributed by atoms with Gasteiger partial charge in [-0.25, -0.2) is 0 Å². The first kappa shape index (κ1) is 13.2. The fraction of sp³-hybridized carbons (Fsp3) is 0.533. The highest BCUT2D eigenvalue weighted by Gasteiger charge is 2.19. The number of allylic oxidation sites excluding steroid dienone is 1. The van der Waals surface area contributed by atoms with E-state index in [1.807, 2.05) is 12.3 Å². The van der Waals surface area contributed by atoms with E-state index in [0.717, 1.165) is 37.7 Å². The first-order chi connectivity index (χ1) is 8.88. The molecule has 0 radical (unpaired) electrons. The summed E-state index contributed by atoms with van der Waals surface area (Å²) in [6.45, 7) is 6.00. The quantitative estimate of drug-likeness (QED) is 0.537. The highest BCUT2D eigenvalue weighted by molar-refractivity contribution is 5.13. The second-order valence-electron chi connectivity index (χ2n) is 4.80. The molecule has 0 amide bonds. The van der Waals surface area contributed by atoms with Crippen molar-refractivity contribution in [2.45, 2.75) is 44.9 Å². The van der Waals surface area contributed by atoms with E-state index in [0.29, 0.717) is 6.61 Å². The lowest BCUT2D eigenvalue weighted by molar-refractivity contribution is 0.116. The molecule has 0 spiro atoms. The van der Waals surface area contributed by atoms with Crippen molar-refractivity contribution in [3.05, 3.63) is 42.2 Å². The number of rotatable bonds is 9. The molecule has 0 unspecified atom stereocenters. The molecule has 0 aliphatic heterocycles. The third-order valence-electron chi connectivity index (χ3n) is 3.01. The maximum atomic E-state index is 5.54. The fourth-order valence-electron chi connectivity index (χ4n) is 1.70. The van der Waals surface area contributed by atoms with Crippen LogP contribution < -0.4 is 5.32 Å². The summed E-state index contributed by atoms with van der Waals surface area (Å²) in [4.78, 5) is 4.41. The van der Waals surface area contributed by atoms with Gasteiger partial charge in [-0.1, -0.05) is 12.1 Å². The van der Waals surface area contributed by atoms with Crippen LogP contribution in [0.25, 0.3) is 0 Å². The molecular formula is C15H22N2O. The zero-order valence-electron chi connectivity index (χ0n) is 10.9. The van der Waals surface area contributed by atoms with Gasteiger partial charge in [0.15, 0.2) is 0 Å². The van der Waals surface area contributed by atoms with Gasteiger partial charge in [0.2, 0.25) is 0 Å². The van der Waals surface area contributed by atoms with Crippen LogP contribution in [0.2, 0.25) is 0 Å². The van der Waals surface area contributed by atoms with Crippen LogP contribution in [0.5, 0.6) is 0 Å². The van der Waals surface area contributed by atoms with Crippen LogP contribution in [-0.4, -0.2) is 17.6 Å². The van der Waals surface area contributed by atoms with Crippen molar-refractivity contribution >= 4 is 0 Å². The molecule has 1 aliphatic rings. The molecule has 1 aromatic heterocycles. The zero-order valence-corrected chi connectivity index (χ0v) is 10.9. The predicted octanol–water partition coefficient (Wildman–Crippen LogP) is 2.82. The van der Waals surface area contributed by atoms with Gasteiger partial charge in [0.05, 0.1) is 12.3 Å². The molecular weight excluding hydrogens is 224 g/mol. The Balaban J connectivity index is 1.64. The minimum Gasteiger partial charge on any atom is -0.375 e. The first-order valence-corrected chi connectivity index (χ1v) is 6.74. The van der Waals surface area contributed by atoms with E-state index in [2.05, 4.69) is 29.0 Å². The lowest BCUT2D eigenvalue weighted by Crippen LogP contribution is -2.15. The van der Waals surface area contributed by atoms with Crippen molar-refractivity contribution in [2.75, 3.05) is 6.61 Å². The Kier molecular flexibility index (Phi) is 5.36. The van der Waals surface area contributed by atoms with Crippen LogP contribution in [0.3, 0.4) is 0 Å². The topological polar surface area (TPSA) is 34.1 Å². The van der Waals surface area contributed by atoms with Crippen LogP contribution >= 0.6 is 0 Å². The van der Waals surface area contributed by atoms with E-state index in [9.17, 15) is 0 Å². The van der Waals surface area contributed by atoms with Crippen molar-refractivity contribution in [2.24, 2.45) is 0 Å². The maximum Gasteiger partial charge on any atom is 0.0887 e. The summed E-state index contributed by atoms with van der Waals surface area (Å²) in [7, 11) is 0. The number of ether oxygens (including phenoxy) is 1. The van der Waals surface area contributed by atoms with Crippen LogP contribution in [0.1, 0.15) is 36.9 Å². The average molecular weight is 246 g/mol. The minimum atomic E-state index is 0.605. The van der Waals surface area contributed by atoms with Gasteiger partial charge in [0, 0.05) is 25.4 Å². The van der Waals surface area contributed by atoms with Gasteiger partial charge < -0.3 is 10.1 Å². The van der Waals surface area contributed by atoms with Crippen LogP contribution in [0.15, 0.2) is 31.0 Å². The molecule has 0 bridgehead atoms. The highest BCUT2D eigenvalue weighted by Crippen LogP contribution is 2.19. The number of pyridine rings is 1. The lowest BCUT2D eigenvalue weighted by atomic mass is 10.2. The number of nitrogens with one attached hydrogen (secondary N) is 1. The Morgan fingerprint density at radius 1 is 1.44 bits per heavy atom. The molecule has 3 nitrogen and oxygen atoms in total. The molecule has 0 saturated heterocycles. The second kappa shape index (κ2) is 7.29. The Hall–Kier alpha value is -1.19. The molecule has 1 aliphatic carbocycles. The molecule has 1 fully saturated rings. The SMILES string of the molecule is C=CCCCOCc1ccc(CNC2CC2)cn1. The number of unbranched alkanes of at least 4 members (excludes halogenated alkanes) is 1. The predicted molar refractivity (Wildman–Crippen MR) is 73.2 cm³/mol. The van der Waals surface area contributed by atoms with Gasteiger partial charge in [0.25, 0.3) is 0 Å². The Bertz CT molecular complexity index is 357. The van der Waals surface area contributed by atoms with E-state index in [1.54, 1.807) is 0 Å². The summed E-state index contributed by atoms with van der Waals surface area (Å²) in [5.74, 6) is 0. The van der Waals surface area contributed by atoms with Gasteiger partial charge in [-0.2, -0.15) is 0 Å². The fourth-order valence-corrected chi connectivity index (χ4v) is 1.70. The molecule has 0 aromatic carbocycles. The van der Waals surface area contributed by atoms with Gasteiger partial charge in [-0.15, -0.1) is 6.58 Å². The van der Waals surface area contributed by atoms with Gasteiger partial charge in [-0.05, 0) is 37.3 Å². The van der Waals surface area contributed by atoms with Crippen molar-refractivity contribution < 1.29 is 4.74 Å². The molecule has 1 N–H and O–H groups in total. The molecule has 18 heavy (non-hydrogen) atoms. The van der Waals surface area contributed by atoms with E-state index in [4.69, 9.17) is 4.74 Å². The Labute approximate surface area is 109 Å². The number of hydrogen-bond acceptors (Lipinski definition) is 3. The first-order valence-electron chi connectivity index (χ1n) is 6.74. The van der Waals surface area contributed by atoms with Gasteiger partial charge in [0.1, 0.15) is 0 Å². The molecule has 0 atom stereocenters. The Morgan fingerprint density at radius 2 is 2.33 bits per heavy atom. The molecule has 3 heteroatoms. The number of hydrogen-bond donors (Lipinski definition) is 1. The summed E-state index contributed by atoms with van der Waals surface area (Å²) < 4.78 is 5.54. The highest BCUT2D eigenvalue weighted by atomic mass is 16.5. The summed E-state index contributed by atoms with van der Waals surface area (Å²) in [5, 5.41) is 3.48. The normalized spacial score (nSPS) is 14.7. The molecule has 1 saturated carbocycles. The molecule has 98 valence electrons. The van der Waals surface area contributed by atoms with E-state index < -0.39 is 0 Å². The number of aromatic nitrogens is 1. The number of nitrogens with zero attached hydrogens (tertiary/aromatic N) is 1. The van der Waals surface area contributed by atoms with E-state index >= 15 is 0 Å². The average Bonchev–Trinajstić information content (AvgIpc) is 3.22. The molecule has 2 rings (SSSR count). The van der Waals surface area contributed by atoms with Crippen molar-refractivity contribution in [1.29, 1.82) is 0 Å². The smallest absolute Gasteiger partial charge is 0.0887 e.